The fourth-order valence-corrected chi connectivity index (χ4v) is 4.05. The molecule has 29 heavy (non-hydrogen) atoms. The standard InChI is InChI=1S/C19H17Cl2N3O4S/c1-11-16(12(2)28-23-11)10-22-19(25)13-4-3-5-14(8-13)24-29(26,27)15-6-7-17(20)18(21)9-15/h3-9,24H,10H2,1-2H3,(H,22,25). The van der Waals surface area contributed by atoms with Crippen molar-refractivity contribution < 1.29 is 17.7 Å². The van der Waals surface area contributed by atoms with Crippen LogP contribution < -0.4 is 10.0 Å². The average Bonchev–Trinajstić information content (AvgIpc) is 2.99. The van der Waals surface area contributed by atoms with Crippen LogP contribution in [0.3, 0.4) is 0 Å². The zero-order valence-electron chi connectivity index (χ0n) is 15.5. The van der Waals surface area contributed by atoms with E-state index in [0.29, 0.717) is 17.0 Å². The van der Waals surface area contributed by atoms with Crippen LogP contribution in [0, 0.1) is 13.8 Å². The Morgan fingerprint density at radius 3 is 2.52 bits per heavy atom. The van der Waals surface area contributed by atoms with Gasteiger partial charge in [0, 0.05) is 23.4 Å². The van der Waals surface area contributed by atoms with E-state index in [4.69, 9.17) is 27.7 Å². The van der Waals surface area contributed by atoms with Crippen LogP contribution in [0.5, 0.6) is 0 Å². The molecular weight excluding hydrogens is 437 g/mol. The molecule has 0 saturated heterocycles. The molecule has 2 aromatic carbocycles. The number of anilines is 1. The van der Waals surface area contributed by atoms with Gasteiger partial charge in [-0.15, -0.1) is 0 Å². The Kier molecular flexibility index (Phi) is 6.16. The zero-order valence-corrected chi connectivity index (χ0v) is 17.8. The minimum Gasteiger partial charge on any atom is -0.361 e. The minimum absolute atomic E-state index is 0.0415. The molecule has 2 N–H and O–H groups in total. The summed E-state index contributed by atoms with van der Waals surface area (Å²) in [6.07, 6.45) is 0. The van der Waals surface area contributed by atoms with E-state index in [1.54, 1.807) is 32.0 Å². The monoisotopic (exact) mass is 453 g/mol. The van der Waals surface area contributed by atoms with Crippen molar-refractivity contribution in [3.63, 3.8) is 0 Å². The third kappa shape index (κ3) is 4.90. The third-order valence-corrected chi connectivity index (χ3v) is 6.30. The van der Waals surface area contributed by atoms with Crippen LogP contribution in [0.25, 0.3) is 0 Å². The van der Waals surface area contributed by atoms with Gasteiger partial charge in [0.2, 0.25) is 0 Å². The highest BCUT2D eigenvalue weighted by atomic mass is 35.5. The van der Waals surface area contributed by atoms with Crippen molar-refractivity contribution in [1.29, 1.82) is 0 Å². The van der Waals surface area contributed by atoms with Crippen molar-refractivity contribution >= 4 is 44.8 Å². The minimum atomic E-state index is -3.90. The van der Waals surface area contributed by atoms with Gasteiger partial charge >= 0.3 is 0 Å². The number of amides is 1. The summed E-state index contributed by atoms with van der Waals surface area (Å²) in [5.41, 5.74) is 2.04. The summed E-state index contributed by atoms with van der Waals surface area (Å²) in [5, 5.41) is 6.99. The van der Waals surface area contributed by atoms with E-state index >= 15 is 0 Å². The number of aromatic nitrogens is 1. The number of nitrogens with zero attached hydrogens (tertiary/aromatic N) is 1. The van der Waals surface area contributed by atoms with Crippen LogP contribution in [-0.2, 0) is 16.6 Å². The summed E-state index contributed by atoms with van der Waals surface area (Å²) in [6.45, 7) is 3.80. The summed E-state index contributed by atoms with van der Waals surface area (Å²) in [6, 6.07) is 10.1. The lowest BCUT2D eigenvalue weighted by atomic mass is 10.1. The average molecular weight is 454 g/mol. The topological polar surface area (TPSA) is 101 Å². The molecule has 0 bridgehead atoms. The fourth-order valence-electron chi connectivity index (χ4n) is 2.61. The summed E-state index contributed by atoms with van der Waals surface area (Å²) in [4.78, 5) is 12.4. The van der Waals surface area contributed by atoms with E-state index in [2.05, 4.69) is 15.2 Å². The number of halogens is 2. The number of sulfonamides is 1. The van der Waals surface area contributed by atoms with Crippen molar-refractivity contribution in [2.45, 2.75) is 25.3 Å². The maximum atomic E-state index is 12.6. The maximum absolute atomic E-state index is 12.6. The second kappa shape index (κ2) is 8.44. The Balaban J connectivity index is 1.75. The lowest BCUT2D eigenvalue weighted by Crippen LogP contribution is -2.23. The molecule has 152 valence electrons. The number of nitrogens with one attached hydrogen (secondary N) is 2. The molecule has 0 spiro atoms. The quantitative estimate of drug-likeness (QED) is 0.578. The smallest absolute Gasteiger partial charge is 0.261 e. The summed E-state index contributed by atoms with van der Waals surface area (Å²) in [5.74, 6) is 0.270. The van der Waals surface area contributed by atoms with Gasteiger partial charge in [-0.2, -0.15) is 0 Å². The van der Waals surface area contributed by atoms with Gasteiger partial charge in [-0.25, -0.2) is 8.42 Å². The molecule has 10 heteroatoms. The van der Waals surface area contributed by atoms with E-state index in [0.717, 1.165) is 5.56 Å². The lowest BCUT2D eigenvalue weighted by Gasteiger charge is -2.10. The Hall–Kier alpha value is -2.55. The Morgan fingerprint density at radius 1 is 1.10 bits per heavy atom. The SMILES string of the molecule is Cc1noc(C)c1CNC(=O)c1cccc(NS(=O)(=O)c2ccc(Cl)c(Cl)c2)c1. The van der Waals surface area contributed by atoms with Crippen molar-refractivity contribution in [2.24, 2.45) is 0 Å². The van der Waals surface area contributed by atoms with Gasteiger partial charge < -0.3 is 9.84 Å². The van der Waals surface area contributed by atoms with Crippen molar-refractivity contribution in [2.75, 3.05) is 4.72 Å². The second-order valence-corrected chi connectivity index (χ2v) is 8.74. The zero-order chi connectivity index (χ0) is 21.2. The lowest BCUT2D eigenvalue weighted by molar-refractivity contribution is 0.0951. The molecule has 7 nitrogen and oxygen atoms in total. The second-order valence-electron chi connectivity index (χ2n) is 6.25. The highest BCUT2D eigenvalue weighted by Gasteiger charge is 2.17. The van der Waals surface area contributed by atoms with E-state index in [9.17, 15) is 13.2 Å². The number of carbonyl (C=O) groups excluding carboxylic acids is 1. The van der Waals surface area contributed by atoms with Gasteiger partial charge in [-0.05, 0) is 50.2 Å². The first-order chi connectivity index (χ1) is 13.7. The number of rotatable bonds is 6. The molecule has 1 heterocycles. The van der Waals surface area contributed by atoms with Crippen LogP contribution in [0.2, 0.25) is 10.0 Å². The van der Waals surface area contributed by atoms with Gasteiger partial charge in [0.1, 0.15) is 5.76 Å². The first-order valence-electron chi connectivity index (χ1n) is 8.45. The largest absolute Gasteiger partial charge is 0.361 e. The molecule has 0 unspecified atom stereocenters. The van der Waals surface area contributed by atoms with Crippen molar-refractivity contribution in [3.8, 4) is 0 Å². The Morgan fingerprint density at radius 2 is 1.86 bits per heavy atom. The van der Waals surface area contributed by atoms with Crippen LogP contribution >= 0.6 is 23.2 Å². The molecule has 0 aliphatic rings. The summed E-state index contributed by atoms with van der Waals surface area (Å²) >= 11 is 11.7. The number of aryl methyl sites for hydroxylation is 2. The van der Waals surface area contributed by atoms with E-state index in [1.165, 1.54) is 24.3 Å². The van der Waals surface area contributed by atoms with Gasteiger partial charge in [-0.3, -0.25) is 9.52 Å². The highest BCUT2D eigenvalue weighted by molar-refractivity contribution is 7.92. The predicted octanol–water partition coefficient (Wildman–Crippen LogP) is 4.33. The normalized spacial score (nSPS) is 11.3. The van der Waals surface area contributed by atoms with Gasteiger partial charge in [0.25, 0.3) is 15.9 Å². The van der Waals surface area contributed by atoms with Gasteiger partial charge in [-0.1, -0.05) is 34.4 Å². The van der Waals surface area contributed by atoms with Crippen LogP contribution in [0.1, 0.15) is 27.4 Å². The number of hydrogen-bond acceptors (Lipinski definition) is 5. The summed E-state index contributed by atoms with van der Waals surface area (Å²) in [7, 11) is -3.90. The molecule has 0 aliphatic carbocycles. The van der Waals surface area contributed by atoms with Crippen molar-refractivity contribution in [1.82, 2.24) is 10.5 Å². The fraction of sp³-hybridized carbons (Fsp3) is 0.158. The van der Waals surface area contributed by atoms with Crippen LogP contribution in [0.15, 0.2) is 51.9 Å². The van der Waals surface area contributed by atoms with Crippen LogP contribution in [-0.4, -0.2) is 19.5 Å². The van der Waals surface area contributed by atoms with Crippen LogP contribution in [0.4, 0.5) is 5.69 Å². The number of carbonyl (C=O) groups is 1. The number of benzene rings is 2. The summed E-state index contributed by atoms with van der Waals surface area (Å²) < 4.78 is 32.6. The molecule has 3 rings (SSSR count). The molecule has 0 aliphatic heterocycles. The molecule has 0 fully saturated rings. The first kappa shape index (κ1) is 21.2. The highest BCUT2D eigenvalue weighted by Crippen LogP contribution is 2.26. The van der Waals surface area contributed by atoms with Gasteiger partial charge in [0.05, 0.1) is 20.6 Å². The molecule has 0 radical (unpaired) electrons. The molecule has 0 saturated carbocycles. The maximum Gasteiger partial charge on any atom is 0.261 e. The molecule has 0 atom stereocenters. The Labute approximate surface area is 178 Å². The third-order valence-electron chi connectivity index (χ3n) is 4.19. The molecule has 1 aromatic heterocycles. The predicted molar refractivity (Wildman–Crippen MR) is 111 cm³/mol. The molecule has 3 aromatic rings. The molecule has 1 amide bonds. The number of hydrogen-bond donors (Lipinski definition) is 2. The van der Waals surface area contributed by atoms with E-state index < -0.39 is 10.0 Å². The molecular formula is C19H17Cl2N3O4S. The first-order valence-corrected chi connectivity index (χ1v) is 10.7. The van der Waals surface area contributed by atoms with Gasteiger partial charge in [0.15, 0.2) is 0 Å². The Bertz CT molecular complexity index is 1160. The van der Waals surface area contributed by atoms with Crippen molar-refractivity contribution in [3.05, 3.63) is 75.1 Å². The van der Waals surface area contributed by atoms with E-state index in [1.807, 2.05) is 0 Å². The van der Waals surface area contributed by atoms with E-state index in [-0.39, 0.29) is 33.1 Å².